The lowest BCUT2D eigenvalue weighted by molar-refractivity contribution is 0.520. The second-order valence-corrected chi connectivity index (χ2v) is 8.26. The first kappa shape index (κ1) is 16.9. The summed E-state index contributed by atoms with van der Waals surface area (Å²) in [5, 5.41) is 5.34. The molecule has 0 spiro atoms. The smallest absolute Gasteiger partial charge is 0.242 e. The molecule has 0 atom stereocenters. The molecule has 1 heterocycles. The first-order valence-electron chi connectivity index (χ1n) is 6.91. The van der Waals surface area contributed by atoms with E-state index in [2.05, 4.69) is 9.69 Å². The minimum Gasteiger partial charge on any atom is -0.381 e. The second-order valence-electron chi connectivity index (χ2n) is 5.48. The van der Waals surface area contributed by atoms with E-state index in [0.29, 0.717) is 11.4 Å². The van der Waals surface area contributed by atoms with Gasteiger partial charge in [-0.3, -0.25) is 0 Å². The van der Waals surface area contributed by atoms with Crippen molar-refractivity contribution in [1.82, 2.24) is 8.68 Å². The number of aryl methyl sites for hydroxylation is 2. The number of rotatable bonds is 5. The van der Waals surface area contributed by atoms with Gasteiger partial charge in [0.05, 0.1) is 10.6 Å². The monoisotopic (exact) mass is 339 g/mol. The third-order valence-electron chi connectivity index (χ3n) is 3.74. The van der Waals surface area contributed by atoms with Gasteiger partial charge >= 0.3 is 0 Å². The number of aromatic nitrogens is 1. The van der Waals surface area contributed by atoms with Crippen LogP contribution in [-0.4, -0.2) is 31.2 Å². The summed E-state index contributed by atoms with van der Waals surface area (Å²) in [5.74, 6) is 0. The van der Waals surface area contributed by atoms with Gasteiger partial charge in [-0.2, -0.15) is 4.37 Å². The van der Waals surface area contributed by atoms with Gasteiger partial charge in [0.1, 0.15) is 0 Å². The van der Waals surface area contributed by atoms with Gasteiger partial charge in [-0.1, -0.05) is 0 Å². The molecule has 0 saturated heterocycles. The normalized spacial score (nSPS) is 11.9. The van der Waals surface area contributed by atoms with Crippen molar-refractivity contribution >= 4 is 27.2 Å². The number of nitrogens with one attached hydrogen (secondary N) is 1. The molecule has 0 aliphatic rings. The lowest BCUT2D eigenvalue weighted by Crippen LogP contribution is -2.22. The van der Waals surface area contributed by atoms with Crippen molar-refractivity contribution < 1.29 is 8.42 Å². The van der Waals surface area contributed by atoms with Crippen LogP contribution in [0.3, 0.4) is 0 Å². The molecule has 0 radical (unpaired) electrons. The molecular weight excluding hydrogens is 318 g/mol. The Morgan fingerprint density at radius 3 is 2.45 bits per heavy atom. The van der Waals surface area contributed by atoms with Crippen molar-refractivity contribution in [2.75, 3.05) is 19.4 Å². The van der Waals surface area contributed by atoms with E-state index in [1.807, 2.05) is 26.2 Å². The minimum absolute atomic E-state index is 0.309. The highest BCUT2D eigenvalue weighted by molar-refractivity contribution is 7.89. The van der Waals surface area contributed by atoms with Gasteiger partial charge in [0.2, 0.25) is 10.0 Å². The number of hydrogen-bond donors (Lipinski definition) is 1. The predicted molar refractivity (Wildman–Crippen MR) is 91.0 cm³/mol. The molecule has 0 saturated carbocycles. The first-order valence-corrected chi connectivity index (χ1v) is 9.18. The Kier molecular flexibility index (Phi) is 4.89. The molecule has 2 rings (SSSR count). The Morgan fingerprint density at radius 2 is 1.91 bits per heavy atom. The number of anilines is 1. The largest absolute Gasteiger partial charge is 0.381 e. The van der Waals surface area contributed by atoms with Crippen LogP contribution in [0.4, 0.5) is 5.69 Å². The lowest BCUT2D eigenvalue weighted by atomic mass is 10.1. The molecule has 120 valence electrons. The Labute approximate surface area is 136 Å². The molecule has 0 aliphatic heterocycles. The Hall–Kier alpha value is -1.44. The molecule has 5 nitrogen and oxygen atoms in total. The van der Waals surface area contributed by atoms with Crippen LogP contribution in [0, 0.1) is 20.8 Å². The van der Waals surface area contributed by atoms with Crippen molar-refractivity contribution in [2.24, 2.45) is 0 Å². The topological polar surface area (TPSA) is 62.3 Å². The van der Waals surface area contributed by atoms with Crippen LogP contribution in [0.15, 0.2) is 22.4 Å². The average Bonchev–Trinajstić information content (AvgIpc) is 2.85. The maximum absolute atomic E-state index is 12.3. The standard InChI is InChI=1S/C15H21N3O2S2/c1-10-6-14(22(19,20)18(4)5)7-15(11(10)2)16-8-13-9-21-17-12(13)3/h6-7,9,16H,8H2,1-5H3. The fourth-order valence-corrected chi connectivity index (χ4v) is 3.77. The average molecular weight is 339 g/mol. The molecule has 7 heteroatoms. The van der Waals surface area contributed by atoms with Crippen LogP contribution < -0.4 is 5.32 Å². The highest BCUT2D eigenvalue weighted by Crippen LogP contribution is 2.26. The Bertz CT molecular complexity index is 780. The van der Waals surface area contributed by atoms with Crippen molar-refractivity contribution in [3.8, 4) is 0 Å². The number of sulfonamides is 1. The van der Waals surface area contributed by atoms with E-state index in [1.54, 1.807) is 12.1 Å². The zero-order chi connectivity index (χ0) is 16.5. The van der Waals surface area contributed by atoms with Crippen molar-refractivity contribution in [2.45, 2.75) is 32.2 Å². The molecule has 1 aromatic heterocycles. The summed E-state index contributed by atoms with van der Waals surface area (Å²) in [4.78, 5) is 0.309. The van der Waals surface area contributed by atoms with E-state index in [9.17, 15) is 8.42 Å². The Morgan fingerprint density at radius 1 is 1.23 bits per heavy atom. The van der Waals surface area contributed by atoms with Crippen molar-refractivity contribution in [3.63, 3.8) is 0 Å². The SMILES string of the molecule is Cc1cc(S(=O)(=O)N(C)C)cc(NCc2csnc2C)c1C. The molecule has 1 aromatic carbocycles. The van der Waals surface area contributed by atoms with Crippen LogP contribution >= 0.6 is 11.5 Å². The second kappa shape index (κ2) is 6.36. The summed E-state index contributed by atoms with van der Waals surface area (Å²) in [6, 6.07) is 3.42. The van der Waals surface area contributed by atoms with Crippen LogP contribution in [0.5, 0.6) is 0 Å². The number of benzene rings is 1. The fraction of sp³-hybridized carbons (Fsp3) is 0.400. The molecule has 0 aliphatic carbocycles. The van der Waals surface area contributed by atoms with Gasteiger partial charge in [-0.15, -0.1) is 0 Å². The van der Waals surface area contributed by atoms with E-state index >= 15 is 0 Å². The van der Waals surface area contributed by atoms with Crippen LogP contribution in [-0.2, 0) is 16.6 Å². The maximum atomic E-state index is 12.3. The maximum Gasteiger partial charge on any atom is 0.242 e. The van der Waals surface area contributed by atoms with Crippen molar-refractivity contribution in [3.05, 3.63) is 39.9 Å². The van der Waals surface area contributed by atoms with Gasteiger partial charge < -0.3 is 5.32 Å². The molecule has 2 aromatic rings. The molecule has 1 N–H and O–H groups in total. The van der Waals surface area contributed by atoms with E-state index in [0.717, 1.165) is 28.1 Å². The van der Waals surface area contributed by atoms with E-state index in [4.69, 9.17) is 0 Å². The third-order valence-corrected chi connectivity index (χ3v) is 6.30. The summed E-state index contributed by atoms with van der Waals surface area (Å²) in [7, 11) is -0.357. The zero-order valence-corrected chi connectivity index (χ0v) is 15.1. The molecule has 0 fully saturated rings. The molecule has 0 amide bonds. The predicted octanol–water partition coefficient (Wildman–Crippen LogP) is 2.93. The summed E-state index contributed by atoms with van der Waals surface area (Å²) >= 11 is 1.43. The minimum atomic E-state index is -3.44. The summed E-state index contributed by atoms with van der Waals surface area (Å²) < 4.78 is 30.1. The van der Waals surface area contributed by atoms with E-state index in [1.165, 1.54) is 29.9 Å². The van der Waals surface area contributed by atoms with Crippen LogP contribution in [0.2, 0.25) is 0 Å². The summed E-state index contributed by atoms with van der Waals surface area (Å²) in [6.45, 7) is 6.52. The Balaban J connectivity index is 2.35. The van der Waals surface area contributed by atoms with Gasteiger partial charge in [0.15, 0.2) is 0 Å². The van der Waals surface area contributed by atoms with Gasteiger partial charge in [-0.25, -0.2) is 12.7 Å². The summed E-state index contributed by atoms with van der Waals surface area (Å²) in [5.41, 5.74) is 4.97. The third kappa shape index (κ3) is 3.31. The lowest BCUT2D eigenvalue weighted by Gasteiger charge is -2.17. The zero-order valence-electron chi connectivity index (χ0n) is 13.5. The molecule has 22 heavy (non-hydrogen) atoms. The summed E-state index contributed by atoms with van der Waals surface area (Å²) in [6.07, 6.45) is 0. The van der Waals surface area contributed by atoms with Crippen molar-refractivity contribution in [1.29, 1.82) is 0 Å². The van der Waals surface area contributed by atoms with Gasteiger partial charge in [0.25, 0.3) is 0 Å². The van der Waals surface area contributed by atoms with E-state index in [-0.39, 0.29) is 0 Å². The van der Waals surface area contributed by atoms with E-state index < -0.39 is 10.0 Å². The first-order chi connectivity index (χ1) is 10.2. The number of nitrogens with zero attached hydrogens (tertiary/aromatic N) is 2. The number of hydrogen-bond acceptors (Lipinski definition) is 5. The van der Waals surface area contributed by atoms with Crippen LogP contribution in [0.25, 0.3) is 0 Å². The van der Waals surface area contributed by atoms with Gasteiger partial charge in [-0.05, 0) is 55.6 Å². The molecule has 0 bridgehead atoms. The molecule has 0 unspecified atom stereocenters. The van der Waals surface area contributed by atoms with Crippen LogP contribution in [0.1, 0.15) is 22.4 Å². The highest BCUT2D eigenvalue weighted by Gasteiger charge is 2.19. The molecular formula is C15H21N3O2S2. The highest BCUT2D eigenvalue weighted by atomic mass is 32.2. The van der Waals surface area contributed by atoms with Gasteiger partial charge in [0, 0.05) is 37.3 Å². The fourth-order valence-electron chi connectivity index (χ4n) is 2.04. The quantitative estimate of drug-likeness (QED) is 0.910.